The van der Waals surface area contributed by atoms with E-state index in [0.717, 1.165) is 6.07 Å². The first-order valence-corrected chi connectivity index (χ1v) is 9.28. The van der Waals surface area contributed by atoms with E-state index < -0.39 is 17.7 Å². The molecule has 32 heavy (non-hydrogen) atoms. The summed E-state index contributed by atoms with van der Waals surface area (Å²) in [5.41, 5.74) is 2.10. The second-order valence-electron chi connectivity index (χ2n) is 6.08. The van der Waals surface area contributed by atoms with Gasteiger partial charge in [-0.2, -0.15) is 0 Å². The van der Waals surface area contributed by atoms with Crippen molar-refractivity contribution < 1.29 is 33.7 Å². The summed E-state index contributed by atoms with van der Waals surface area (Å²) in [6, 6.07) is 9.20. The van der Waals surface area contributed by atoms with Gasteiger partial charge in [0.25, 0.3) is 11.8 Å². The van der Waals surface area contributed by atoms with Gasteiger partial charge < -0.3 is 15.2 Å². The topological polar surface area (TPSA) is 159 Å². The molecule has 166 valence electrons. The molecule has 1 aromatic heterocycles. The van der Waals surface area contributed by atoms with E-state index in [2.05, 4.69) is 25.3 Å². The van der Waals surface area contributed by atoms with Gasteiger partial charge in [-0.05, 0) is 46.7 Å². The van der Waals surface area contributed by atoms with Crippen LogP contribution in [0, 0.1) is 5.82 Å². The maximum absolute atomic E-state index is 13.3. The highest BCUT2D eigenvalue weighted by Gasteiger charge is 2.18. The molecule has 0 spiro atoms. The highest BCUT2D eigenvalue weighted by molar-refractivity contribution is 6.31. The molecule has 0 bridgehead atoms. The Hall–Kier alpha value is -4.03. The highest BCUT2D eigenvalue weighted by atomic mass is 35.5. The lowest BCUT2D eigenvalue weighted by Gasteiger charge is -2.07. The molecule has 0 atom stereocenters. The Kier molecular flexibility index (Phi) is 7.31. The Morgan fingerprint density at radius 3 is 2.69 bits per heavy atom. The summed E-state index contributed by atoms with van der Waals surface area (Å²) >= 11 is 5.71. The van der Waals surface area contributed by atoms with Crippen molar-refractivity contribution in [2.45, 2.75) is 0 Å². The third-order valence-corrected chi connectivity index (χ3v) is 4.22. The number of ether oxygens (including phenoxy) is 1. The molecule has 0 aliphatic rings. The fourth-order valence-electron chi connectivity index (χ4n) is 2.44. The van der Waals surface area contributed by atoms with Crippen LogP contribution in [0.2, 0.25) is 5.02 Å². The van der Waals surface area contributed by atoms with Crippen molar-refractivity contribution in [1.29, 1.82) is 0 Å². The molecule has 0 saturated heterocycles. The monoisotopic (exact) mass is 463 g/mol. The lowest BCUT2D eigenvalue weighted by Crippen LogP contribution is -2.28. The lowest BCUT2D eigenvalue weighted by molar-refractivity contribution is 0.0697. The number of rotatable bonds is 8. The molecular weight excluding hydrogens is 449 g/mol. The van der Waals surface area contributed by atoms with Crippen molar-refractivity contribution in [1.82, 2.24) is 21.1 Å². The fourth-order valence-corrected chi connectivity index (χ4v) is 2.62. The summed E-state index contributed by atoms with van der Waals surface area (Å²) in [5, 5.41) is 27.9. The summed E-state index contributed by atoms with van der Waals surface area (Å²) in [7, 11) is 0. The Labute approximate surface area is 184 Å². The fraction of sp³-hybridized carbons (Fsp3) is 0.105. The van der Waals surface area contributed by atoms with Crippen molar-refractivity contribution in [3.63, 3.8) is 0 Å². The average Bonchev–Trinajstić information content (AvgIpc) is 3.25. The number of nitrogens with one attached hydrogen (secondary N) is 2. The van der Waals surface area contributed by atoms with E-state index in [1.165, 1.54) is 36.4 Å². The number of carbonyl (C=O) groups is 2. The van der Waals surface area contributed by atoms with Crippen LogP contribution in [0.25, 0.3) is 0 Å². The number of aromatic nitrogens is 2. The van der Waals surface area contributed by atoms with Crippen molar-refractivity contribution in [2.75, 3.05) is 13.2 Å². The second kappa shape index (κ2) is 10.3. The third kappa shape index (κ3) is 5.56. The van der Waals surface area contributed by atoms with Gasteiger partial charge in [-0.25, -0.2) is 18.8 Å². The van der Waals surface area contributed by atoms with Gasteiger partial charge in [0.05, 0.1) is 22.8 Å². The van der Waals surface area contributed by atoms with Gasteiger partial charge in [0.2, 0.25) is 5.69 Å². The number of aromatic carboxylic acids is 1. The summed E-state index contributed by atoms with van der Waals surface area (Å²) < 4.78 is 23.3. The molecule has 11 nitrogen and oxygen atoms in total. The molecule has 3 rings (SSSR count). The Morgan fingerprint density at radius 2 is 1.97 bits per heavy atom. The lowest BCUT2D eigenvalue weighted by atomic mass is 10.1. The van der Waals surface area contributed by atoms with Crippen molar-refractivity contribution in [3.8, 4) is 5.88 Å². The zero-order valence-corrected chi connectivity index (χ0v) is 16.8. The highest BCUT2D eigenvalue weighted by Crippen LogP contribution is 2.23. The number of carboxylic acid groups (broad SMARTS) is 1. The first-order chi connectivity index (χ1) is 15.4. The van der Waals surface area contributed by atoms with E-state index in [4.69, 9.17) is 21.4 Å². The Balaban J connectivity index is 1.61. The van der Waals surface area contributed by atoms with Crippen LogP contribution >= 0.6 is 11.6 Å². The summed E-state index contributed by atoms with van der Waals surface area (Å²) in [4.78, 5) is 27.2. The number of carboxylic acids is 1. The van der Waals surface area contributed by atoms with E-state index in [-0.39, 0.29) is 52.4 Å². The van der Waals surface area contributed by atoms with Crippen molar-refractivity contribution >= 4 is 35.0 Å². The number of aliphatic imine (C=N–C) groups is 1. The van der Waals surface area contributed by atoms with Crippen LogP contribution < -0.4 is 15.5 Å². The molecule has 1 heterocycles. The SMILES string of the molecule is O=C(O)c1cccc(C(=O)NCCOc2nonc2C(=Nc2ccc(F)c(Cl)c2)NO)c1. The smallest absolute Gasteiger partial charge is 0.335 e. The molecule has 1 amide bonds. The predicted octanol–water partition coefficient (Wildman–Crippen LogP) is 2.43. The van der Waals surface area contributed by atoms with E-state index in [9.17, 15) is 19.2 Å². The zero-order chi connectivity index (χ0) is 23.1. The number of nitrogens with zero attached hydrogens (tertiary/aromatic N) is 3. The third-order valence-electron chi connectivity index (χ3n) is 3.93. The van der Waals surface area contributed by atoms with Gasteiger partial charge in [0.15, 0.2) is 5.84 Å². The normalized spacial score (nSPS) is 11.2. The molecule has 2 aromatic carbocycles. The van der Waals surface area contributed by atoms with Gasteiger partial charge in [-0.15, -0.1) is 0 Å². The maximum atomic E-state index is 13.3. The predicted molar refractivity (Wildman–Crippen MR) is 108 cm³/mol. The zero-order valence-electron chi connectivity index (χ0n) is 16.1. The molecule has 0 aliphatic heterocycles. The summed E-state index contributed by atoms with van der Waals surface area (Å²) in [6.07, 6.45) is 0. The number of hydroxylamine groups is 1. The molecular formula is C19H15ClFN5O6. The molecule has 0 radical (unpaired) electrons. The molecule has 0 unspecified atom stereocenters. The van der Waals surface area contributed by atoms with Crippen LogP contribution in [0.3, 0.4) is 0 Å². The van der Waals surface area contributed by atoms with E-state index in [1.807, 2.05) is 5.48 Å². The van der Waals surface area contributed by atoms with Crippen LogP contribution in [0.4, 0.5) is 10.1 Å². The quantitative estimate of drug-likeness (QED) is 0.170. The van der Waals surface area contributed by atoms with Crippen LogP contribution in [-0.2, 0) is 0 Å². The first-order valence-electron chi connectivity index (χ1n) is 8.90. The molecule has 3 aromatic rings. The Morgan fingerprint density at radius 1 is 1.19 bits per heavy atom. The van der Waals surface area contributed by atoms with E-state index in [1.54, 1.807) is 0 Å². The van der Waals surface area contributed by atoms with Gasteiger partial charge in [0, 0.05) is 5.56 Å². The van der Waals surface area contributed by atoms with Crippen molar-refractivity contribution in [2.24, 2.45) is 4.99 Å². The number of carbonyl (C=O) groups excluding carboxylic acids is 1. The average molecular weight is 464 g/mol. The summed E-state index contributed by atoms with van der Waals surface area (Å²) in [6.45, 7) is -0.0261. The summed E-state index contributed by atoms with van der Waals surface area (Å²) in [5.74, 6) is -2.62. The minimum atomic E-state index is -1.15. The molecule has 0 saturated carbocycles. The van der Waals surface area contributed by atoms with Crippen LogP contribution in [0.15, 0.2) is 52.1 Å². The first kappa shape index (κ1) is 22.7. The Bertz CT molecular complexity index is 1170. The van der Waals surface area contributed by atoms with Gasteiger partial charge in [0.1, 0.15) is 12.4 Å². The number of benzene rings is 2. The van der Waals surface area contributed by atoms with Gasteiger partial charge in [-0.3, -0.25) is 15.5 Å². The minimum Gasteiger partial charge on any atom is -0.478 e. The van der Waals surface area contributed by atoms with Gasteiger partial charge >= 0.3 is 5.97 Å². The number of halogens is 2. The van der Waals surface area contributed by atoms with Crippen LogP contribution in [0.1, 0.15) is 26.4 Å². The van der Waals surface area contributed by atoms with Crippen LogP contribution in [-0.4, -0.2) is 51.5 Å². The minimum absolute atomic E-state index is 0.0158. The molecule has 4 N–H and O–H groups in total. The van der Waals surface area contributed by atoms with Crippen LogP contribution in [0.5, 0.6) is 5.88 Å². The maximum Gasteiger partial charge on any atom is 0.335 e. The molecule has 13 heteroatoms. The largest absolute Gasteiger partial charge is 0.478 e. The molecule has 0 aliphatic carbocycles. The van der Waals surface area contributed by atoms with E-state index >= 15 is 0 Å². The number of amidine groups is 1. The second-order valence-corrected chi connectivity index (χ2v) is 6.49. The van der Waals surface area contributed by atoms with E-state index in [0.29, 0.717) is 0 Å². The van der Waals surface area contributed by atoms with Gasteiger partial charge in [-0.1, -0.05) is 17.7 Å². The molecule has 0 fully saturated rings. The van der Waals surface area contributed by atoms with Crippen molar-refractivity contribution in [3.05, 3.63) is 70.1 Å². The standard InChI is InChI=1S/C19H15ClFN5O6/c20-13-9-12(4-5-14(13)21)23-16(24-30)15-18(26-32-25-15)31-7-6-22-17(27)10-2-1-3-11(8-10)19(28)29/h1-5,8-9,30H,6-7H2,(H,22,27)(H,23,24)(H,28,29). The number of hydrogen-bond acceptors (Lipinski definition) is 8. The number of amides is 1. The number of hydrogen-bond donors (Lipinski definition) is 4.